The summed E-state index contributed by atoms with van der Waals surface area (Å²) in [4.78, 5) is 17.5. The molecule has 0 amide bonds. The van der Waals surface area contributed by atoms with Gasteiger partial charge in [0.2, 0.25) is 5.69 Å². The highest BCUT2D eigenvalue weighted by molar-refractivity contribution is 5.91. The maximum absolute atomic E-state index is 11.7. The summed E-state index contributed by atoms with van der Waals surface area (Å²) in [6.45, 7) is 6.03. The second-order valence-corrected chi connectivity index (χ2v) is 7.05. The van der Waals surface area contributed by atoms with E-state index in [1.807, 2.05) is 54.3 Å². The zero-order chi connectivity index (χ0) is 19.5. The summed E-state index contributed by atoms with van der Waals surface area (Å²) < 4.78 is 0. The highest BCUT2D eigenvalue weighted by Crippen LogP contribution is 2.21. The summed E-state index contributed by atoms with van der Waals surface area (Å²) in [6, 6.07) is 18.1. The molecule has 3 aromatic rings. The Bertz CT molecular complexity index is 962. The van der Waals surface area contributed by atoms with E-state index in [0.717, 1.165) is 44.0 Å². The van der Waals surface area contributed by atoms with Crippen molar-refractivity contribution in [2.75, 3.05) is 31.1 Å². The number of carboxylic acid groups (broad SMARTS) is 1. The van der Waals surface area contributed by atoms with E-state index in [9.17, 15) is 9.90 Å². The number of rotatable bonds is 5. The van der Waals surface area contributed by atoms with E-state index in [-0.39, 0.29) is 5.69 Å². The Morgan fingerprint density at radius 2 is 1.75 bits per heavy atom. The van der Waals surface area contributed by atoms with Crippen LogP contribution in [0.2, 0.25) is 0 Å². The van der Waals surface area contributed by atoms with Crippen LogP contribution in [-0.4, -0.2) is 57.1 Å². The maximum Gasteiger partial charge on any atom is 0.360 e. The minimum Gasteiger partial charge on any atom is -0.476 e. The number of hydrogen-bond acceptors (Lipinski definition) is 5. The Morgan fingerprint density at radius 3 is 2.43 bits per heavy atom. The molecule has 2 heterocycles. The topological polar surface area (TPSA) is 74.5 Å². The van der Waals surface area contributed by atoms with Gasteiger partial charge in [-0.15, -0.1) is 15.0 Å². The van der Waals surface area contributed by atoms with E-state index in [1.165, 1.54) is 10.4 Å². The molecule has 1 aliphatic heterocycles. The first-order valence-corrected chi connectivity index (χ1v) is 9.39. The second kappa shape index (κ2) is 7.82. The molecule has 1 fully saturated rings. The fourth-order valence-electron chi connectivity index (χ4n) is 3.48. The van der Waals surface area contributed by atoms with Gasteiger partial charge in [-0.2, -0.15) is 0 Å². The third kappa shape index (κ3) is 3.89. The largest absolute Gasteiger partial charge is 0.476 e. The molecular weight excluding hydrogens is 354 g/mol. The zero-order valence-electron chi connectivity index (χ0n) is 15.8. The van der Waals surface area contributed by atoms with Gasteiger partial charge in [0.15, 0.2) is 5.82 Å². The van der Waals surface area contributed by atoms with Gasteiger partial charge in [0.1, 0.15) is 0 Å². The quantitative estimate of drug-likeness (QED) is 0.737. The fraction of sp³-hybridized carbons (Fsp3) is 0.286. The van der Waals surface area contributed by atoms with Crippen LogP contribution in [0.1, 0.15) is 21.6 Å². The predicted molar refractivity (Wildman–Crippen MR) is 107 cm³/mol. The molecule has 7 heteroatoms. The Labute approximate surface area is 163 Å². The number of carbonyl (C=O) groups is 1. The molecule has 0 radical (unpaired) electrons. The van der Waals surface area contributed by atoms with Gasteiger partial charge in [0.25, 0.3) is 0 Å². The summed E-state index contributed by atoms with van der Waals surface area (Å²) >= 11 is 0. The number of hydrogen-bond donors (Lipinski definition) is 1. The lowest BCUT2D eigenvalue weighted by Crippen LogP contribution is -2.46. The molecule has 144 valence electrons. The van der Waals surface area contributed by atoms with Crippen LogP contribution in [0.5, 0.6) is 0 Å². The standard InChI is InChI=1S/C21H23N5O2/c1-16-6-5-9-18(14-16)26-22-19(21(27)28)20(23-26)25-12-10-24(11-13-25)15-17-7-3-2-4-8-17/h2-9,14H,10-13,15H2,1H3,(H,27,28). The van der Waals surface area contributed by atoms with Crippen LogP contribution in [-0.2, 0) is 6.54 Å². The zero-order valence-corrected chi connectivity index (χ0v) is 15.8. The van der Waals surface area contributed by atoms with Gasteiger partial charge < -0.3 is 10.0 Å². The Hall–Kier alpha value is -3.19. The van der Waals surface area contributed by atoms with Crippen LogP contribution >= 0.6 is 0 Å². The van der Waals surface area contributed by atoms with Gasteiger partial charge in [-0.25, -0.2) is 4.79 Å². The number of aromatic nitrogens is 3. The van der Waals surface area contributed by atoms with E-state index in [2.05, 4.69) is 27.2 Å². The molecule has 0 atom stereocenters. The smallest absolute Gasteiger partial charge is 0.360 e. The third-order valence-corrected chi connectivity index (χ3v) is 4.95. The van der Waals surface area contributed by atoms with Crippen LogP contribution in [0.3, 0.4) is 0 Å². The van der Waals surface area contributed by atoms with E-state index in [1.54, 1.807) is 0 Å². The first-order valence-electron chi connectivity index (χ1n) is 9.39. The van der Waals surface area contributed by atoms with E-state index >= 15 is 0 Å². The van der Waals surface area contributed by atoms with Crippen molar-refractivity contribution in [2.24, 2.45) is 0 Å². The minimum absolute atomic E-state index is 0.00184. The monoisotopic (exact) mass is 377 g/mol. The molecule has 0 saturated carbocycles. The van der Waals surface area contributed by atoms with Crippen molar-refractivity contribution < 1.29 is 9.90 Å². The molecule has 1 aromatic heterocycles. The van der Waals surface area contributed by atoms with Gasteiger partial charge >= 0.3 is 5.97 Å². The number of anilines is 1. The molecule has 1 saturated heterocycles. The third-order valence-electron chi connectivity index (χ3n) is 4.95. The van der Waals surface area contributed by atoms with Crippen molar-refractivity contribution in [1.82, 2.24) is 19.9 Å². The Morgan fingerprint density at radius 1 is 1.00 bits per heavy atom. The first-order chi connectivity index (χ1) is 13.6. The summed E-state index contributed by atoms with van der Waals surface area (Å²) in [6.07, 6.45) is 0. The highest BCUT2D eigenvalue weighted by Gasteiger charge is 2.26. The van der Waals surface area contributed by atoms with Crippen LogP contribution < -0.4 is 4.90 Å². The average Bonchev–Trinajstić information content (AvgIpc) is 3.15. The summed E-state index contributed by atoms with van der Waals surface area (Å²) in [5.74, 6) is -0.617. The van der Waals surface area contributed by atoms with Crippen molar-refractivity contribution in [3.05, 3.63) is 71.4 Å². The Balaban J connectivity index is 1.50. The number of carboxylic acids is 1. The van der Waals surface area contributed by atoms with E-state index in [4.69, 9.17) is 0 Å². The van der Waals surface area contributed by atoms with Crippen molar-refractivity contribution in [3.8, 4) is 5.69 Å². The van der Waals surface area contributed by atoms with E-state index < -0.39 is 5.97 Å². The van der Waals surface area contributed by atoms with Crippen LogP contribution in [0.4, 0.5) is 5.82 Å². The fourth-order valence-corrected chi connectivity index (χ4v) is 3.48. The molecule has 0 bridgehead atoms. The van der Waals surface area contributed by atoms with Gasteiger partial charge in [0.05, 0.1) is 5.69 Å². The molecule has 28 heavy (non-hydrogen) atoms. The molecular formula is C21H23N5O2. The van der Waals surface area contributed by atoms with Crippen LogP contribution in [0.15, 0.2) is 54.6 Å². The van der Waals surface area contributed by atoms with Crippen LogP contribution in [0.25, 0.3) is 5.69 Å². The Kier molecular flexibility index (Phi) is 5.08. The number of benzene rings is 2. The maximum atomic E-state index is 11.7. The molecule has 4 rings (SSSR count). The normalized spacial score (nSPS) is 15.0. The lowest BCUT2D eigenvalue weighted by Gasteiger charge is -2.34. The molecule has 7 nitrogen and oxygen atoms in total. The first kappa shape index (κ1) is 18.2. The van der Waals surface area contributed by atoms with Crippen molar-refractivity contribution >= 4 is 11.8 Å². The van der Waals surface area contributed by atoms with Crippen molar-refractivity contribution in [3.63, 3.8) is 0 Å². The molecule has 1 N–H and O–H groups in total. The molecule has 1 aliphatic rings. The second-order valence-electron chi connectivity index (χ2n) is 7.05. The number of aromatic carboxylic acids is 1. The van der Waals surface area contributed by atoms with Gasteiger partial charge in [-0.1, -0.05) is 42.5 Å². The predicted octanol–water partition coefficient (Wildman–Crippen LogP) is 2.60. The highest BCUT2D eigenvalue weighted by atomic mass is 16.4. The van der Waals surface area contributed by atoms with Gasteiger partial charge in [-0.05, 0) is 30.2 Å². The van der Waals surface area contributed by atoms with Gasteiger partial charge in [-0.3, -0.25) is 4.90 Å². The summed E-state index contributed by atoms with van der Waals surface area (Å²) in [5.41, 5.74) is 3.12. The minimum atomic E-state index is -1.05. The molecule has 2 aromatic carbocycles. The molecule has 0 aliphatic carbocycles. The number of piperazine rings is 1. The van der Waals surface area contributed by atoms with E-state index in [0.29, 0.717) is 5.82 Å². The lowest BCUT2D eigenvalue weighted by atomic mass is 10.2. The summed E-state index contributed by atoms with van der Waals surface area (Å²) in [7, 11) is 0. The van der Waals surface area contributed by atoms with Crippen molar-refractivity contribution in [1.29, 1.82) is 0 Å². The lowest BCUT2D eigenvalue weighted by molar-refractivity contribution is 0.0690. The number of aryl methyl sites for hydroxylation is 1. The molecule has 0 unspecified atom stereocenters. The molecule has 0 spiro atoms. The van der Waals surface area contributed by atoms with Crippen LogP contribution in [0, 0.1) is 6.92 Å². The van der Waals surface area contributed by atoms with Gasteiger partial charge in [0, 0.05) is 32.7 Å². The van der Waals surface area contributed by atoms with Crippen molar-refractivity contribution in [2.45, 2.75) is 13.5 Å². The number of nitrogens with zero attached hydrogens (tertiary/aromatic N) is 5. The SMILES string of the molecule is Cc1cccc(-n2nc(C(=O)O)c(N3CCN(Cc4ccccc4)CC3)n2)c1. The summed E-state index contributed by atoms with van der Waals surface area (Å²) in [5, 5.41) is 18.3. The average molecular weight is 377 g/mol.